The summed E-state index contributed by atoms with van der Waals surface area (Å²) in [4.78, 5) is 19.0. The molecule has 6 heteroatoms. The highest BCUT2D eigenvalue weighted by Gasteiger charge is 2.26. The van der Waals surface area contributed by atoms with Crippen molar-refractivity contribution < 1.29 is 4.79 Å². The minimum atomic E-state index is 0.0449. The Bertz CT molecular complexity index is 391. The van der Waals surface area contributed by atoms with Gasteiger partial charge in [-0.2, -0.15) is 0 Å². The van der Waals surface area contributed by atoms with Crippen molar-refractivity contribution in [2.75, 3.05) is 13.1 Å². The van der Waals surface area contributed by atoms with Crippen LogP contribution in [0.15, 0.2) is 11.7 Å². The van der Waals surface area contributed by atoms with Crippen LogP contribution in [0.4, 0.5) is 0 Å². The van der Waals surface area contributed by atoms with Crippen molar-refractivity contribution in [3.8, 4) is 0 Å². The highest BCUT2D eigenvalue weighted by Crippen LogP contribution is 2.19. The van der Waals surface area contributed by atoms with Crippen LogP contribution in [0.2, 0.25) is 0 Å². The number of carbonyl (C=O) groups excluding carboxylic acids is 1. The van der Waals surface area contributed by atoms with E-state index >= 15 is 0 Å². The van der Waals surface area contributed by atoms with E-state index in [0.717, 1.165) is 19.4 Å². The van der Waals surface area contributed by atoms with Crippen molar-refractivity contribution in [2.45, 2.75) is 12.8 Å². The fraction of sp³-hybridized carbons (Fsp3) is 0.500. The van der Waals surface area contributed by atoms with Gasteiger partial charge < -0.3 is 10.6 Å². The predicted octanol–water partition coefficient (Wildman–Crippen LogP) is 1.28. The molecule has 1 amide bonds. The lowest BCUT2D eigenvalue weighted by Gasteiger charge is -2.31. The molecule has 1 aliphatic rings. The number of piperidine rings is 1. The maximum absolute atomic E-state index is 12.0. The van der Waals surface area contributed by atoms with Crippen LogP contribution in [0.25, 0.3) is 0 Å². The number of aromatic nitrogens is 1. The lowest BCUT2D eigenvalue weighted by molar-refractivity contribution is 0.0708. The monoisotopic (exact) mass is 255 g/mol. The molecule has 16 heavy (non-hydrogen) atoms. The lowest BCUT2D eigenvalue weighted by atomic mass is 9.98. The largest absolute Gasteiger partial charge is 0.393 e. The number of likely N-dealkylation sites (tertiary alicyclic amines) is 1. The Morgan fingerprint density at radius 2 is 2.50 bits per heavy atom. The minimum absolute atomic E-state index is 0.0449. The number of nitrogens with two attached hydrogens (primary N) is 1. The maximum Gasteiger partial charge on any atom is 0.265 e. The van der Waals surface area contributed by atoms with E-state index in [4.69, 9.17) is 18.0 Å². The first-order valence-electron chi connectivity index (χ1n) is 5.15. The first kappa shape index (κ1) is 11.5. The predicted molar refractivity (Wildman–Crippen MR) is 67.5 cm³/mol. The Labute approximate surface area is 103 Å². The smallest absolute Gasteiger partial charge is 0.265 e. The van der Waals surface area contributed by atoms with E-state index in [2.05, 4.69) is 4.98 Å². The van der Waals surface area contributed by atoms with E-state index < -0.39 is 0 Å². The van der Waals surface area contributed by atoms with Gasteiger partial charge in [0, 0.05) is 19.0 Å². The van der Waals surface area contributed by atoms with Crippen LogP contribution in [0.3, 0.4) is 0 Å². The molecular formula is C10H13N3OS2. The molecule has 0 aromatic carbocycles. The molecule has 1 aliphatic heterocycles. The number of carbonyl (C=O) groups is 1. The van der Waals surface area contributed by atoms with Gasteiger partial charge in [-0.25, -0.2) is 0 Å². The van der Waals surface area contributed by atoms with Gasteiger partial charge in [-0.3, -0.25) is 9.78 Å². The summed E-state index contributed by atoms with van der Waals surface area (Å²) in [6, 6.07) is 0. The molecule has 0 saturated carbocycles. The van der Waals surface area contributed by atoms with Crippen molar-refractivity contribution in [1.82, 2.24) is 9.88 Å². The third-order valence-corrected chi connectivity index (χ3v) is 3.85. The molecule has 2 rings (SSSR count). The van der Waals surface area contributed by atoms with E-state index in [0.29, 0.717) is 16.4 Å². The summed E-state index contributed by atoms with van der Waals surface area (Å²) in [5.41, 5.74) is 7.30. The van der Waals surface area contributed by atoms with Gasteiger partial charge in [-0.05, 0) is 12.8 Å². The number of nitrogens with zero attached hydrogens (tertiary/aromatic N) is 2. The fourth-order valence-corrected chi connectivity index (χ4v) is 2.65. The third-order valence-electron chi connectivity index (χ3n) is 2.75. The van der Waals surface area contributed by atoms with Gasteiger partial charge in [0.1, 0.15) is 4.88 Å². The van der Waals surface area contributed by atoms with Gasteiger partial charge in [0.25, 0.3) is 5.91 Å². The van der Waals surface area contributed by atoms with E-state index in [-0.39, 0.29) is 11.8 Å². The standard InChI is InChI=1S/C10H13N3OS2/c11-9(15)7-2-1-3-13(5-7)10(14)8-4-12-6-16-8/h4,6-7H,1-3,5H2,(H2,11,15). The van der Waals surface area contributed by atoms with Crippen molar-refractivity contribution in [3.05, 3.63) is 16.6 Å². The highest BCUT2D eigenvalue weighted by atomic mass is 32.1. The Balaban J connectivity index is 2.05. The molecule has 0 aliphatic carbocycles. The summed E-state index contributed by atoms with van der Waals surface area (Å²) in [6.45, 7) is 1.43. The van der Waals surface area contributed by atoms with Crippen molar-refractivity contribution in [1.29, 1.82) is 0 Å². The molecule has 0 spiro atoms. The zero-order valence-electron chi connectivity index (χ0n) is 8.76. The summed E-state index contributed by atoms with van der Waals surface area (Å²) >= 11 is 6.35. The van der Waals surface area contributed by atoms with Gasteiger partial charge in [0.05, 0.1) is 16.7 Å². The van der Waals surface area contributed by atoms with Gasteiger partial charge in [-0.15, -0.1) is 11.3 Å². The summed E-state index contributed by atoms with van der Waals surface area (Å²) in [5.74, 6) is 0.212. The molecule has 86 valence electrons. The summed E-state index contributed by atoms with van der Waals surface area (Å²) in [7, 11) is 0. The lowest BCUT2D eigenvalue weighted by Crippen LogP contribution is -2.43. The molecule has 1 aromatic heterocycles. The molecule has 1 unspecified atom stereocenters. The number of amides is 1. The Morgan fingerprint density at radius 1 is 1.69 bits per heavy atom. The molecule has 2 heterocycles. The van der Waals surface area contributed by atoms with Crippen LogP contribution in [-0.2, 0) is 0 Å². The zero-order chi connectivity index (χ0) is 11.5. The number of thiazole rings is 1. The van der Waals surface area contributed by atoms with Crippen LogP contribution < -0.4 is 5.73 Å². The van der Waals surface area contributed by atoms with Gasteiger partial charge in [-0.1, -0.05) is 12.2 Å². The van der Waals surface area contributed by atoms with Crippen LogP contribution in [-0.4, -0.2) is 33.9 Å². The molecule has 1 aromatic rings. The summed E-state index contributed by atoms with van der Waals surface area (Å²) in [6.07, 6.45) is 3.56. The average molecular weight is 255 g/mol. The molecule has 0 radical (unpaired) electrons. The van der Waals surface area contributed by atoms with E-state index in [1.807, 2.05) is 4.90 Å². The molecule has 1 fully saturated rings. The molecule has 0 bridgehead atoms. The second-order valence-electron chi connectivity index (χ2n) is 3.86. The maximum atomic E-state index is 12.0. The average Bonchev–Trinajstić information content (AvgIpc) is 2.81. The normalized spacial score (nSPS) is 20.8. The number of hydrogen-bond donors (Lipinski definition) is 1. The number of hydrogen-bond acceptors (Lipinski definition) is 4. The van der Waals surface area contributed by atoms with Gasteiger partial charge in [0.15, 0.2) is 0 Å². The van der Waals surface area contributed by atoms with Crippen LogP contribution in [0.5, 0.6) is 0 Å². The minimum Gasteiger partial charge on any atom is -0.393 e. The summed E-state index contributed by atoms with van der Waals surface area (Å²) in [5, 5.41) is 0. The fourth-order valence-electron chi connectivity index (χ4n) is 1.87. The van der Waals surface area contributed by atoms with Crippen molar-refractivity contribution >= 4 is 34.5 Å². The molecule has 4 nitrogen and oxygen atoms in total. The van der Waals surface area contributed by atoms with E-state index in [9.17, 15) is 4.79 Å². The second kappa shape index (κ2) is 4.88. The quantitative estimate of drug-likeness (QED) is 0.809. The van der Waals surface area contributed by atoms with Crippen LogP contribution >= 0.6 is 23.6 Å². The number of rotatable bonds is 2. The van der Waals surface area contributed by atoms with Gasteiger partial charge >= 0.3 is 0 Å². The molecule has 2 N–H and O–H groups in total. The third kappa shape index (κ3) is 2.38. The van der Waals surface area contributed by atoms with Crippen molar-refractivity contribution in [2.24, 2.45) is 11.7 Å². The van der Waals surface area contributed by atoms with Gasteiger partial charge in [0.2, 0.25) is 0 Å². The van der Waals surface area contributed by atoms with Crippen LogP contribution in [0, 0.1) is 5.92 Å². The zero-order valence-corrected chi connectivity index (χ0v) is 10.4. The van der Waals surface area contributed by atoms with E-state index in [1.165, 1.54) is 11.3 Å². The molecular weight excluding hydrogens is 242 g/mol. The number of thiocarbonyl (C=S) groups is 1. The second-order valence-corrected chi connectivity index (χ2v) is 5.22. The SMILES string of the molecule is NC(=S)C1CCCN(C(=O)c2cncs2)C1. The first-order chi connectivity index (χ1) is 7.68. The van der Waals surface area contributed by atoms with Crippen molar-refractivity contribution in [3.63, 3.8) is 0 Å². The Kier molecular flexibility index (Phi) is 3.50. The molecule has 1 atom stereocenters. The summed E-state index contributed by atoms with van der Waals surface area (Å²) < 4.78 is 0. The topological polar surface area (TPSA) is 59.2 Å². The molecule has 1 saturated heterocycles. The van der Waals surface area contributed by atoms with Crippen LogP contribution in [0.1, 0.15) is 22.5 Å². The highest BCUT2D eigenvalue weighted by molar-refractivity contribution is 7.80. The Morgan fingerprint density at radius 3 is 3.12 bits per heavy atom. The Hall–Kier alpha value is -1.01. The van der Waals surface area contributed by atoms with E-state index in [1.54, 1.807) is 11.7 Å². The first-order valence-corrected chi connectivity index (χ1v) is 6.44.